The standard InChI is InChI=1S/C13H18BrNO/c1-10-5-4-6-11(7-10)8-12(16)15-13(2,3)9-14/h4-7H,8-9H2,1-3H3,(H,15,16). The van der Waals surface area contributed by atoms with Gasteiger partial charge in [0.05, 0.1) is 6.42 Å². The summed E-state index contributed by atoms with van der Waals surface area (Å²) in [6, 6.07) is 8.03. The second-order valence-electron chi connectivity index (χ2n) is 4.73. The third-order valence-corrected chi connectivity index (χ3v) is 3.66. The molecule has 88 valence electrons. The smallest absolute Gasteiger partial charge is 0.224 e. The second-order valence-corrected chi connectivity index (χ2v) is 5.29. The Bertz CT molecular complexity index is 374. The summed E-state index contributed by atoms with van der Waals surface area (Å²) in [6.07, 6.45) is 0.443. The number of amides is 1. The fourth-order valence-corrected chi connectivity index (χ4v) is 1.60. The van der Waals surface area contributed by atoms with Gasteiger partial charge in [0.15, 0.2) is 0 Å². The molecule has 0 saturated carbocycles. The molecule has 0 aliphatic carbocycles. The maximum absolute atomic E-state index is 11.8. The summed E-state index contributed by atoms with van der Waals surface area (Å²) in [6.45, 7) is 6.02. The number of hydrogen-bond acceptors (Lipinski definition) is 1. The van der Waals surface area contributed by atoms with Crippen molar-refractivity contribution < 1.29 is 4.79 Å². The molecule has 0 fully saturated rings. The van der Waals surface area contributed by atoms with E-state index in [4.69, 9.17) is 0 Å². The van der Waals surface area contributed by atoms with Crippen LogP contribution in [0.2, 0.25) is 0 Å². The van der Waals surface area contributed by atoms with E-state index in [1.54, 1.807) is 0 Å². The summed E-state index contributed by atoms with van der Waals surface area (Å²) < 4.78 is 0. The molecule has 1 amide bonds. The van der Waals surface area contributed by atoms with Gasteiger partial charge in [0.1, 0.15) is 0 Å². The number of aryl methyl sites for hydroxylation is 1. The minimum atomic E-state index is -0.194. The number of nitrogens with one attached hydrogen (secondary N) is 1. The zero-order chi connectivity index (χ0) is 12.2. The van der Waals surface area contributed by atoms with Crippen LogP contribution in [0.15, 0.2) is 24.3 Å². The van der Waals surface area contributed by atoms with Crippen molar-refractivity contribution in [2.24, 2.45) is 0 Å². The van der Waals surface area contributed by atoms with Crippen LogP contribution >= 0.6 is 15.9 Å². The first-order chi connectivity index (χ1) is 7.43. The van der Waals surface area contributed by atoms with Crippen LogP contribution in [0.4, 0.5) is 0 Å². The average Bonchev–Trinajstić information content (AvgIpc) is 2.16. The number of halogens is 1. The first kappa shape index (κ1) is 13.2. The van der Waals surface area contributed by atoms with Crippen LogP contribution in [0, 0.1) is 6.92 Å². The highest BCUT2D eigenvalue weighted by atomic mass is 79.9. The fourth-order valence-electron chi connectivity index (χ4n) is 1.46. The Morgan fingerprint density at radius 3 is 2.69 bits per heavy atom. The highest BCUT2D eigenvalue weighted by molar-refractivity contribution is 9.09. The van der Waals surface area contributed by atoms with E-state index >= 15 is 0 Å². The van der Waals surface area contributed by atoms with E-state index in [-0.39, 0.29) is 11.4 Å². The third-order valence-electron chi connectivity index (χ3n) is 2.26. The van der Waals surface area contributed by atoms with Crippen LogP contribution in [-0.4, -0.2) is 16.8 Å². The monoisotopic (exact) mass is 283 g/mol. The number of rotatable bonds is 4. The zero-order valence-corrected chi connectivity index (χ0v) is 11.6. The van der Waals surface area contributed by atoms with E-state index in [2.05, 4.69) is 21.2 Å². The maximum Gasteiger partial charge on any atom is 0.224 e. The largest absolute Gasteiger partial charge is 0.350 e. The molecule has 0 atom stereocenters. The molecule has 16 heavy (non-hydrogen) atoms. The van der Waals surface area contributed by atoms with Crippen LogP contribution in [0.3, 0.4) is 0 Å². The highest BCUT2D eigenvalue weighted by Crippen LogP contribution is 2.08. The van der Waals surface area contributed by atoms with Gasteiger partial charge in [0.2, 0.25) is 5.91 Å². The first-order valence-electron chi connectivity index (χ1n) is 5.35. The van der Waals surface area contributed by atoms with Gasteiger partial charge in [-0.25, -0.2) is 0 Å². The lowest BCUT2D eigenvalue weighted by atomic mass is 10.1. The Balaban J connectivity index is 2.59. The molecule has 3 heteroatoms. The fraction of sp³-hybridized carbons (Fsp3) is 0.462. The molecule has 0 aromatic heterocycles. The number of alkyl halides is 1. The van der Waals surface area contributed by atoms with E-state index in [0.717, 1.165) is 10.9 Å². The van der Waals surface area contributed by atoms with Gasteiger partial charge in [0, 0.05) is 10.9 Å². The lowest BCUT2D eigenvalue weighted by Crippen LogP contribution is -2.45. The van der Waals surface area contributed by atoms with Gasteiger partial charge in [-0.1, -0.05) is 45.8 Å². The van der Waals surface area contributed by atoms with Gasteiger partial charge in [0.25, 0.3) is 0 Å². The van der Waals surface area contributed by atoms with Crippen molar-refractivity contribution in [3.8, 4) is 0 Å². The van der Waals surface area contributed by atoms with E-state index in [1.165, 1.54) is 5.56 Å². The summed E-state index contributed by atoms with van der Waals surface area (Å²) in [5.41, 5.74) is 2.05. The molecule has 1 N–H and O–H groups in total. The minimum Gasteiger partial charge on any atom is -0.350 e. The Kier molecular flexibility index (Phi) is 4.54. The molecule has 0 radical (unpaired) electrons. The van der Waals surface area contributed by atoms with Crippen LogP contribution in [0.1, 0.15) is 25.0 Å². The Hall–Kier alpha value is -0.830. The van der Waals surface area contributed by atoms with Gasteiger partial charge < -0.3 is 5.32 Å². The quantitative estimate of drug-likeness (QED) is 0.846. The van der Waals surface area contributed by atoms with E-state index in [0.29, 0.717) is 6.42 Å². The van der Waals surface area contributed by atoms with Crippen molar-refractivity contribution in [3.05, 3.63) is 35.4 Å². The molecule has 1 aromatic rings. The average molecular weight is 284 g/mol. The molecule has 2 nitrogen and oxygen atoms in total. The minimum absolute atomic E-state index is 0.0649. The van der Waals surface area contributed by atoms with Crippen molar-refractivity contribution in [1.82, 2.24) is 5.32 Å². The first-order valence-corrected chi connectivity index (χ1v) is 6.47. The lowest BCUT2D eigenvalue weighted by Gasteiger charge is -2.23. The van der Waals surface area contributed by atoms with Gasteiger partial charge in [-0.05, 0) is 26.3 Å². The molecule has 0 aliphatic heterocycles. The number of hydrogen-bond donors (Lipinski definition) is 1. The van der Waals surface area contributed by atoms with Crippen molar-refractivity contribution in [3.63, 3.8) is 0 Å². The molecule has 0 unspecified atom stereocenters. The summed E-state index contributed by atoms with van der Waals surface area (Å²) in [5, 5.41) is 3.74. The molecule has 0 bridgehead atoms. The Morgan fingerprint density at radius 2 is 2.12 bits per heavy atom. The summed E-state index contributed by atoms with van der Waals surface area (Å²) in [7, 11) is 0. The van der Waals surface area contributed by atoms with Crippen molar-refractivity contribution in [1.29, 1.82) is 0 Å². The predicted octanol–water partition coefficient (Wildman–Crippen LogP) is 2.83. The summed E-state index contributed by atoms with van der Waals surface area (Å²) >= 11 is 3.38. The topological polar surface area (TPSA) is 29.1 Å². The molecule has 1 aromatic carbocycles. The van der Waals surface area contributed by atoms with Crippen LogP contribution in [-0.2, 0) is 11.2 Å². The van der Waals surface area contributed by atoms with Crippen molar-refractivity contribution in [2.75, 3.05) is 5.33 Å². The number of benzene rings is 1. The van der Waals surface area contributed by atoms with E-state index in [9.17, 15) is 4.79 Å². The molecular weight excluding hydrogens is 266 g/mol. The van der Waals surface area contributed by atoms with Crippen LogP contribution < -0.4 is 5.32 Å². The summed E-state index contributed by atoms with van der Waals surface area (Å²) in [5.74, 6) is 0.0649. The Labute approximate surface area is 106 Å². The highest BCUT2D eigenvalue weighted by Gasteiger charge is 2.18. The van der Waals surface area contributed by atoms with Gasteiger partial charge >= 0.3 is 0 Å². The third kappa shape index (κ3) is 4.35. The SMILES string of the molecule is Cc1cccc(CC(=O)NC(C)(C)CBr)c1. The number of carbonyl (C=O) groups excluding carboxylic acids is 1. The van der Waals surface area contributed by atoms with Crippen LogP contribution in [0.25, 0.3) is 0 Å². The van der Waals surface area contributed by atoms with Crippen molar-refractivity contribution >= 4 is 21.8 Å². The molecular formula is C13H18BrNO. The molecule has 0 aliphatic rings. The van der Waals surface area contributed by atoms with Crippen molar-refractivity contribution in [2.45, 2.75) is 32.7 Å². The second kappa shape index (κ2) is 5.48. The summed E-state index contributed by atoms with van der Waals surface area (Å²) in [4.78, 5) is 11.8. The van der Waals surface area contributed by atoms with E-state index in [1.807, 2.05) is 45.0 Å². The predicted molar refractivity (Wildman–Crippen MR) is 70.9 cm³/mol. The van der Waals surface area contributed by atoms with Gasteiger partial charge in [-0.15, -0.1) is 0 Å². The number of carbonyl (C=O) groups is 1. The van der Waals surface area contributed by atoms with Gasteiger partial charge in [-0.2, -0.15) is 0 Å². The maximum atomic E-state index is 11.8. The molecule has 0 heterocycles. The lowest BCUT2D eigenvalue weighted by molar-refractivity contribution is -0.121. The molecule has 0 spiro atoms. The van der Waals surface area contributed by atoms with Crippen LogP contribution in [0.5, 0.6) is 0 Å². The zero-order valence-electron chi connectivity index (χ0n) is 10.0. The molecule has 1 rings (SSSR count). The van der Waals surface area contributed by atoms with Gasteiger partial charge in [-0.3, -0.25) is 4.79 Å². The van der Waals surface area contributed by atoms with E-state index < -0.39 is 0 Å². The normalized spacial score (nSPS) is 11.2. The Morgan fingerprint density at radius 1 is 1.44 bits per heavy atom. The molecule has 0 saturated heterocycles.